The fraction of sp³-hybridized carbons (Fsp3) is 0.750. The standard InChI is InChI=1S/C16H25NO3/c1-5-6-13(15(19)20)17-14(18)11-7-9-12(10-8-11)16(2,3)4/h1,11-13H,6-10H2,2-4H3,(H,17,18)(H,19,20). The number of hydrogen-bond donors (Lipinski definition) is 2. The van der Waals surface area contributed by atoms with Crippen LogP contribution in [0.2, 0.25) is 0 Å². The quantitative estimate of drug-likeness (QED) is 0.777. The number of hydrogen-bond acceptors (Lipinski definition) is 2. The van der Waals surface area contributed by atoms with Gasteiger partial charge in [0.05, 0.1) is 0 Å². The van der Waals surface area contributed by atoms with Crippen LogP contribution in [-0.2, 0) is 9.59 Å². The Morgan fingerprint density at radius 1 is 1.30 bits per heavy atom. The summed E-state index contributed by atoms with van der Waals surface area (Å²) in [4.78, 5) is 23.1. The van der Waals surface area contributed by atoms with Crippen molar-refractivity contribution in [3.05, 3.63) is 0 Å². The Bertz CT molecular complexity index is 395. The Morgan fingerprint density at radius 2 is 1.85 bits per heavy atom. The van der Waals surface area contributed by atoms with Crippen LogP contribution in [-0.4, -0.2) is 23.0 Å². The average molecular weight is 279 g/mol. The lowest BCUT2D eigenvalue weighted by Crippen LogP contribution is -2.44. The largest absolute Gasteiger partial charge is 0.480 e. The predicted octanol–water partition coefficient (Wildman–Crippen LogP) is 2.43. The van der Waals surface area contributed by atoms with Crippen LogP contribution in [0.15, 0.2) is 0 Å². The molecular weight excluding hydrogens is 254 g/mol. The first kappa shape index (κ1) is 16.6. The third kappa shape index (κ3) is 4.56. The van der Waals surface area contributed by atoms with E-state index >= 15 is 0 Å². The van der Waals surface area contributed by atoms with E-state index in [1.807, 2.05) is 0 Å². The minimum Gasteiger partial charge on any atom is -0.480 e. The molecule has 1 unspecified atom stereocenters. The SMILES string of the molecule is C#CCC(NC(=O)C1CCC(C(C)(C)C)CC1)C(=O)O. The van der Waals surface area contributed by atoms with Gasteiger partial charge in [-0.2, -0.15) is 0 Å². The fourth-order valence-corrected chi connectivity index (χ4v) is 2.83. The lowest BCUT2D eigenvalue weighted by atomic mass is 9.69. The van der Waals surface area contributed by atoms with Crippen molar-refractivity contribution in [2.75, 3.05) is 0 Å². The van der Waals surface area contributed by atoms with Gasteiger partial charge in [0.2, 0.25) is 5.91 Å². The molecule has 4 heteroatoms. The zero-order chi connectivity index (χ0) is 15.3. The Morgan fingerprint density at radius 3 is 2.25 bits per heavy atom. The monoisotopic (exact) mass is 279 g/mol. The minimum atomic E-state index is -1.07. The number of terminal acetylenes is 1. The smallest absolute Gasteiger partial charge is 0.327 e. The van der Waals surface area contributed by atoms with Gasteiger partial charge in [-0.1, -0.05) is 20.8 Å². The van der Waals surface area contributed by atoms with Crippen molar-refractivity contribution < 1.29 is 14.7 Å². The zero-order valence-electron chi connectivity index (χ0n) is 12.6. The number of amides is 1. The van der Waals surface area contributed by atoms with Crippen molar-refractivity contribution in [3.63, 3.8) is 0 Å². The molecule has 0 saturated heterocycles. The molecule has 0 aromatic heterocycles. The Kier molecular flexibility index (Phi) is 5.62. The van der Waals surface area contributed by atoms with E-state index in [1.54, 1.807) is 0 Å². The van der Waals surface area contributed by atoms with Crippen LogP contribution >= 0.6 is 0 Å². The lowest BCUT2D eigenvalue weighted by Gasteiger charge is -2.36. The molecule has 1 aliphatic carbocycles. The molecule has 1 amide bonds. The van der Waals surface area contributed by atoms with Crippen LogP contribution in [0.1, 0.15) is 52.9 Å². The van der Waals surface area contributed by atoms with Gasteiger partial charge in [0.25, 0.3) is 0 Å². The highest BCUT2D eigenvalue weighted by Crippen LogP contribution is 2.39. The second-order valence-corrected chi connectivity index (χ2v) is 6.72. The van der Waals surface area contributed by atoms with E-state index in [-0.39, 0.29) is 23.7 Å². The molecule has 0 spiro atoms. The predicted molar refractivity (Wildman–Crippen MR) is 77.9 cm³/mol. The molecule has 1 fully saturated rings. The number of rotatable bonds is 4. The molecule has 0 aromatic carbocycles. The molecule has 2 N–H and O–H groups in total. The van der Waals surface area contributed by atoms with Gasteiger partial charge >= 0.3 is 5.97 Å². The second-order valence-electron chi connectivity index (χ2n) is 6.72. The number of carbonyl (C=O) groups is 2. The number of aliphatic carboxylic acids is 1. The summed E-state index contributed by atoms with van der Waals surface area (Å²) in [5.41, 5.74) is 0.272. The third-order valence-electron chi connectivity index (χ3n) is 4.26. The summed E-state index contributed by atoms with van der Waals surface area (Å²) in [6.07, 6.45) is 8.85. The zero-order valence-corrected chi connectivity index (χ0v) is 12.6. The summed E-state index contributed by atoms with van der Waals surface area (Å²) in [6.45, 7) is 6.68. The molecule has 1 atom stereocenters. The van der Waals surface area contributed by atoms with Gasteiger partial charge in [0.15, 0.2) is 0 Å². The van der Waals surface area contributed by atoms with Gasteiger partial charge < -0.3 is 10.4 Å². The van der Waals surface area contributed by atoms with Gasteiger partial charge in [-0.15, -0.1) is 12.3 Å². The number of carboxylic acids is 1. The maximum Gasteiger partial charge on any atom is 0.327 e. The number of carboxylic acid groups (broad SMARTS) is 1. The maximum atomic E-state index is 12.1. The highest BCUT2D eigenvalue weighted by Gasteiger charge is 2.33. The first-order valence-electron chi connectivity index (χ1n) is 7.22. The van der Waals surface area contributed by atoms with E-state index in [0.29, 0.717) is 5.92 Å². The van der Waals surface area contributed by atoms with E-state index in [0.717, 1.165) is 25.7 Å². The van der Waals surface area contributed by atoms with E-state index in [4.69, 9.17) is 11.5 Å². The highest BCUT2D eigenvalue weighted by molar-refractivity contribution is 5.85. The van der Waals surface area contributed by atoms with E-state index in [1.165, 1.54) is 0 Å². The summed E-state index contributed by atoms with van der Waals surface area (Å²) in [5.74, 6) is 1.61. The summed E-state index contributed by atoms with van der Waals surface area (Å²) in [5, 5.41) is 11.5. The molecule has 0 aromatic rings. The molecular formula is C16H25NO3. The van der Waals surface area contributed by atoms with Gasteiger partial charge in [-0.25, -0.2) is 4.79 Å². The highest BCUT2D eigenvalue weighted by atomic mass is 16.4. The van der Waals surface area contributed by atoms with Crippen LogP contribution < -0.4 is 5.32 Å². The van der Waals surface area contributed by atoms with Crippen molar-refractivity contribution in [1.82, 2.24) is 5.32 Å². The first-order valence-corrected chi connectivity index (χ1v) is 7.22. The van der Waals surface area contributed by atoms with Gasteiger partial charge in [-0.3, -0.25) is 4.79 Å². The first-order chi connectivity index (χ1) is 9.25. The molecule has 112 valence electrons. The van der Waals surface area contributed by atoms with Gasteiger partial charge in [0.1, 0.15) is 6.04 Å². The van der Waals surface area contributed by atoms with Crippen molar-refractivity contribution >= 4 is 11.9 Å². The molecule has 1 saturated carbocycles. The van der Waals surface area contributed by atoms with Crippen molar-refractivity contribution in [3.8, 4) is 12.3 Å². The van der Waals surface area contributed by atoms with Crippen LogP contribution in [0.3, 0.4) is 0 Å². The number of carbonyl (C=O) groups excluding carboxylic acids is 1. The van der Waals surface area contributed by atoms with Crippen molar-refractivity contribution in [1.29, 1.82) is 0 Å². The van der Waals surface area contributed by atoms with E-state index < -0.39 is 12.0 Å². The molecule has 0 aliphatic heterocycles. The van der Waals surface area contributed by atoms with Crippen LogP contribution in [0.5, 0.6) is 0 Å². The Balaban J connectivity index is 2.51. The number of nitrogens with one attached hydrogen (secondary N) is 1. The van der Waals surface area contributed by atoms with E-state index in [9.17, 15) is 9.59 Å². The van der Waals surface area contributed by atoms with Crippen molar-refractivity contribution in [2.24, 2.45) is 17.3 Å². The van der Waals surface area contributed by atoms with Gasteiger partial charge in [0, 0.05) is 12.3 Å². The minimum absolute atomic E-state index is 0.0262. The topological polar surface area (TPSA) is 66.4 Å². The fourth-order valence-electron chi connectivity index (χ4n) is 2.83. The molecule has 1 aliphatic rings. The third-order valence-corrected chi connectivity index (χ3v) is 4.26. The van der Waals surface area contributed by atoms with Crippen LogP contribution in [0.4, 0.5) is 0 Å². The maximum absolute atomic E-state index is 12.1. The summed E-state index contributed by atoms with van der Waals surface area (Å²) in [6, 6.07) is -0.965. The second kappa shape index (κ2) is 6.78. The normalized spacial score (nSPS) is 24.5. The Hall–Kier alpha value is -1.50. The molecule has 0 radical (unpaired) electrons. The molecule has 0 bridgehead atoms. The van der Waals surface area contributed by atoms with Crippen LogP contribution in [0.25, 0.3) is 0 Å². The molecule has 0 heterocycles. The van der Waals surface area contributed by atoms with Crippen LogP contribution in [0, 0.1) is 29.6 Å². The average Bonchev–Trinajstić information content (AvgIpc) is 2.37. The van der Waals surface area contributed by atoms with Gasteiger partial charge in [-0.05, 0) is 37.0 Å². The van der Waals surface area contributed by atoms with E-state index in [2.05, 4.69) is 32.0 Å². The molecule has 20 heavy (non-hydrogen) atoms. The Labute approximate surface area is 121 Å². The summed E-state index contributed by atoms with van der Waals surface area (Å²) < 4.78 is 0. The molecule has 1 rings (SSSR count). The summed E-state index contributed by atoms with van der Waals surface area (Å²) in [7, 11) is 0. The van der Waals surface area contributed by atoms with Crippen molar-refractivity contribution in [2.45, 2.75) is 58.9 Å². The molecule has 4 nitrogen and oxygen atoms in total. The summed E-state index contributed by atoms with van der Waals surface area (Å²) >= 11 is 0. The lowest BCUT2D eigenvalue weighted by molar-refractivity contribution is -0.142.